The molecule has 0 bridgehead atoms. The van der Waals surface area contributed by atoms with Crippen LogP contribution in [0.5, 0.6) is 0 Å². The van der Waals surface area contributed by atoms with E-state index in [-0.39, 0.29) is 12.5 Å². The van der Waals surface area contributed by atoms with Crippen LogP contribution in [0.4, 0.5) is 0 Å². The molecule has 1 atom stereocenters. The number of nitrogens with zero attached hydrogens (tertiary/aromatic N) is 4. The first-order chi connectivity index (χ1) is 6.68. The maximum Gasteiger partial charge on any atom is 0.305 e. The fraction of sp³-hybridized carbons (Fsp3) is 0.750. The molecule has 1 heterocycles. The van der Waals surface area contributed by atoms with Gasteiger partial charge in [0.1, 0.15) is 5.82 Å². The van der Waals surface area contributed by atoms with Gasteiger partial charge in [-0.2, -0.15) is 0 Å². The molecule has 1 unspecified atom stereocenters. The Kier molecular flexibility index (Phi) is 2.18. The molecule has 6 heteroatoms. The van der Waals surface area contributed by atoms with Gasteiger partial charge in [0.05, 0.1) is 12.5 Å². The van der Waals surface area contributed by atoms with Gasteiger partial charge in [-0.15, -0.1) is 5.10 Å². The lowest BCUT2D eigenvalue weighted by Gasteiger charge is -2.13. The number of carboxylic acid groups (broad SMARTS) is 1. The first-order valence-corrected chi connectivity index (χ1v) is 4.64. The molecular formula is C8H12N4O2. The number of aromatic nitrogens is 4. The maximum atomic E-state index is 10.7. The number of carbonyl (C=O) groups is 1. The van der Waals surface area contributed by atoms with Gasteiger partial charge in [0.25, 0.3) is 0 Å². The Morgan fingerprint density at radius 1 is 1.71 bits per heavy atom. The monoisotopic (exact) mass is 196 g/mol. The molecule has 0 radical (unpaired) electrons. The van der Waals surface area contributed by atoms with Crippen LogP contribution in [0.15, 0.2) is 0 Å². The Balaban J connectivity index is 2.18. The molecule has 1 aliphatic rings. The van der Waals surface area contributed by atoms with Crippen LogP contribution in [0, 0.1) is 12.8 Å². The molecule has 0 saturated heterocycles. The largest absolute Gasteiger partial charge is 0.481 e. The van der Waals surface area contributed by atoms with Gasteiger partial charge in [0.2, 0.25) is 0 Å². The van der Waals surface area contributed by atoms with Crippen LogP contribution in [0.25, 0.3) is 0 Å². The van der Waals surface area contributed by atoms with Crippen LogP contribution >= 0.6 is 0 Å². The van der Waals surface area contributed by atoms with Crippen molar-refractivity contribution in [3.05, 3.63) is 5.82 Å². The highest BCUT2D eigenvalue weighted by Crippen LogP contribution is 2.41. The summed E-state index contributed by atoms with van der Waals surface area (Å²) in [7, 11) is 0. The van der Waals surface area contributed by atoms with Gasteiger partial charge >= 0.3 is 5.97 Å². The minimum atomic E-state index is -0.795. The molecule has 1 aromatic heterocycles. The molecular weight excluding hydrogens is 184 g/mol. The van der Waals surface area contributed by atoms with E-state index in [2.05, 4.69) is 15.5 Å². The smallest absolute Gasteiger partial charge is 0.305 e. The van der Waals surface area contributed by atoms with Crippen molar-refractivity contribution in [1.29, 1.82) is 0 Å². The number of carboxylic acids is 1. The van der Waals surface area contributed by atoms with Gasteiger partial charge in [0.15, 0.2) is 0 Å². The molecule has 2 rings (SSSR count). The molecule has 0 amide bonds. The van der Waals surface area contributed by atoms with Crippen LogP contribution in [-0.2, 0) is 4.79 Å². The van der Waals surface area contributed by atoms with E-state index in [1.54, 1.807) is 11.6 Å². The summed E-state index contributed by atoms with van der Waals surface area (Å²) in [6, 6.07) is -0.0671. The number of rotatable bonds is 4. The zero-order valence-electron chi connectivity index (χ0n) is 7.92. The first-order valence-electron chi connectivity index (χ1n) is 4.64. The second-order valence-corrected chi connectivity index (χ2v) is 3.67. The Morgan fingerprint density at radius 3 is 2.86 bits per heavy atom. The summed E-state index contributed by atoms with van der Waals surface area (Å²) < 4.78 is 1.63. The van der Waals surface area contributed by atoms with Crippen molar-refractivity contribution >= 4 is 5.97 Å². The highest BCUT2D eigenvalue weighted by molar-refractivity contribution is 5.67. The molecule has 1 N–H and O–H groups in total. The second-order valence-electron chi connectivity index (χ2n) is 3.67. The quantitative estimate of drug-likeness (QED) is 0.754. The number of tetrazole rings is 1. The number of hydrogen-bond acceptors (Lipinski definition) is 4. The lowest BCUT2D eigenvalue weighted by Crippen LogP contribution is -2.18. The average molecular weight is 196 g/mol. The highest BCUT2D eigenvalue weighted by Gasteiger charge is 2.35. The molecule has 1 aromatic rings. The summed E-state index contributed by atoms with van der Waals surface area (Å²) >= 11 is 0. The maximum absolute atomic E-state index is 10.7. The molecule has 1 saturated carbocycles. The minimum absolute atomic E-state index is 0.0671. The molecule has 0 aromatic carbocycles. The van der Waals surface area contributed by atoms with Crippen molar-refractivity contribution < 1.29 is 9.90 Å². The van der Waals surface area contributed by atoms with Gasteiger partial charge in [-0.3, -0.25) is 4.79 Å². The van der Waals surface area contributed by atoms with Crippen molar-refractivity contribution in [3.8, 4) is 0 Å². The van der Waals surface area contributed by atoms with E-state index in [1.807, 2.05) is 0 Å². The molecule has 76 valence electrons. The molecule has 0 aliphatic heterocycles. The van der Waals surface area contributed by atoms with Gasteiger partial charge in [0, 0.05) is 0 Å². The molecule has 14 heavy (non-hydrogen) atoms. The number of aryl methyl sites for hydroxylation is 1. The number of hydrogen-bond donors (Lipinski definition) is 1. The topological polar surface area (TPSA) is 80.9 Å². The summed E-state index contributed by atoms with van der Waals surface area (Å²) in [5.41, 5.74) is 0. The van der Waals surface area contributed by atoms with Crippen LogP contribution in [-0.4, -0.2) is 31.3 Å². The van der Waals surface area contributed by atoms with E-state index in [4.69, 9.17) is 5.11 Å². The normalized spacial score (nSPS) is 18.1. The van der Waals surface area contributed by atoms with Crippen LogP contribution < -0.4 is 0 Å². The highest BCUT2D eigenvalue weighted by atomic mass is 16.4. The first kappa shape index (κ1) is 9.11. The third-order valence-corrected chi connectivity index (χ3v) is 2.52. The van der Waals surface area contributed by atoms with E-state index in [1.165, 1.54) is 0 Å². The van der Waals surface area contributed by atoms with E-state index >= 15 is 0 Å². The van der Waals surface area contributed by atoms with Crippen molar-refractivity contribution in [2.45, 2.75) is 32.2 Å². The Morgan fingerprint density at radius 2 is 2.43 bits per heavy atom. The Bertz CT molecular complexity index is 345. The summed E-state index contributed by atoms with van der Waals surface area (Å²) in [6.07, 6.45) is 2.27. The fourth-order valence-electron chi connectivity index (χ4n) is 1.66. The third kappa shape index (κ3) is 1.73. The molecule has 1 fully saturated rings. The van der Waals surface area contributed by atoms with Crippen molar-refractivity contribution in [2.75, 3.05) is 0 Å². The zero-order valence-corrected chi connectivity index (χ0v) is 7.92. The fourth-order valence-corrected chi connectivity index (χ4v) is 1.66. The molecule has 6 nitrogen and oxygen atoms in total. The lowest BCUT2D eigenvalue weighted by molar-refractivity contribution is -0.138. The van der Waals surface area contributed by atoms with Gasteiger partial charge in [-0.05, 0) is 36.1 Å². The number of aliphatic carboxylic acids is 1. The predicted octanol–water partition coefficient (Wildman–Crippen LogP) is 0.407. The van der Waals surface area contributed by atoms with Crippen molar-refractivity contribution in [2.24, 2.45) is 5.92 Å². The van der Waals surface area contributed by atoms with Gasteiger partial charge < -0.3 is 5.11 Å². The van der Waals surface area contributed by atoms with E-state index in [0.29, 0.717) is 11.7 Å². The van der Waals surface area contributed by atoms with Gasteiger partial charge in [-0.25, -0.2) is 4.68 Å². The standard InChI is InChI=1S/C8H12N4O2/c1-5-9-10-11-12(5)7(4-8(13)14)6-2-3-6/h6-7H,2-4H2,1H3,(H,13,14). The second kappa shape index (κ2) is 3.36. The summed E-state index contributed by atoms with van der Waals surface area (Å²) in [5, 5.41) is 19.9. The minimum Gasteiger partial charge on any atom is -0.481 e. The van der Waals surface area contributed by atoms with E-state index < -0.39 is 5.97 Å². The van der Waals surface area contributed by atoms with Crippen LogP contribution in [0.1, 0.15) is 31.1 Å². The third-order valence-electron chi connectivity index (χ3n) is 2.52. The Labute approximate surface area is 80.9 Å². The molecule has 1 aliphatic carbocycles. The van der Waals surface area contributed by atoms with E-state index in [9.17, 15) is 4.79 Å². The van der Waals surface area contributed by atoms with Crippen molar-refractivity contribution in [1.82, 2.24) is 20.2 Å². The van der Waals surface area contributed by atoms with Crippen LogP contribution in [0.2, 0.25) is 0 Å². The molecule has 0 spiro atoms. The van der Waals surface area contributed by atoms with Crippen LogP contribution in [0.3, 0.4) is 0 Å². The predicted molar refractivity (Wildman–Crippen MR) is 46.6 cm³/mol. The summed E-state index contributed by atoms with van der Waals surface area (Å²) in [5.74, 6) is 0.327. The zero-order chi connectivity index (χ0) is 10.1. The Hall–Kier alpha value is -1.46. The summed E-state index contributed by atoms with van der Waals surface area (Å²) in [6.45, 7) is 1.79. The lowest BCUT2D eigenvalue weighted by atomic mass is 10.1. The average Bonchev–Trinajstić information content (AvgIpc) is 2.86. The van der Waals surface area contributed by atoms with Crippen molar-refractivity contribution in [3.63, 3.8) is 0 Å². The van der Waals surface area contributed by atoms with E-state index in [0.717, 1.165) is 12.8 Å². The van der Waals surface area contributed by atoms with Gasteiger partial charge in [-0.1, -0.05) is 0 Å². The summed E-state index contributed by atoms with van der Waals surface area (Å²) in [4.78, 5) is 10.7. The SMILES string of the molecule is Cc1nnnn1C(CC(=O)O)C1CC1.